The van der Waals surface area contributed by atoms with Gasteiger partial charge in [0.05, 0.1) is 18.3 Å². The van der Waals surface area contributed by atoms with Crippen molar-refractivity contribution in [1.29, 1.82) is 5.26 Å². The van der Waals surface area contributed by atoms with Crippen LogP contribution in [0.1, 0.15) is 46.0 Å². The number of rotatable bonds is 5. The molecule has 1 aliphatic heterocycles. The van der Waals surface area contributed by atoms with Crippen molar-refractivity contribution in [3.05, 3.63) is 0 Å². The van der Waals surface area contributed by atoms with Crippen LogP contribution in [0.15, 0.2) is 0 Å². The van der Waals surface area contributed by atoms with Crippen molar-refractivity contribution >= 4 is 0 Å². The van der Waals surface area contributed by atoms with E-state index >= 15 is 0 Å². The first-order valence-electron chi connectivity index (χ1n) is 5.85. The monoisotopic (exact) mass is 211 g/mol. The quantitative estimate of drug-likeness (QED) is 0.758. The summed E-state index contributed by atoms with van der Waals surface area (Å²) in [4.78, 5) is 0. The molecule has 1 fully saturated rings. The Morgan fingerprint density at radius 2 is 2.00 bits per heavy atom. The minimum Gasteiger partial charge on any atom is -0.388 e. The molecule has 1 saturated heterocycles. The molecule has 15 heavy (non-hydrogen) atoms. The predicted molar refractivity (Wildman–Crippen MR) is 58.2 cm³/mol. The van der Waals surface area contributed by atoms with Gasteiger partial charge in [-0.2, -0.15) is 5.26 Å². The Hall–Kier alpha value is -0.590. The highest BCUT2D eigenvalue weighted by Crippen LogP contribution is 2.44. The largest absolute Gasteiger partial charge is 0.388 e. The zero-order valence-corrected chi connectivity index (χ0v) is 9.75. The van der Waals surface area contributed by atoms with Gasteiger partial charge in [-0.1, -0.05) is 26.7 Å². The number of ether oxygens (including phenoxy) is 1. The molecule has 0 bridgehead atoms. The first-order chi connectivity index (χ1) is 7.14. The number of hydrogen-bond acceptors (Lipinski definition) is 3. The Morgan fingerprint density at radius 3 is 2.33 bits per heavy atom. The van der Waals surface area contributed by atoms with Gasteiger partial charge in [0.15, 0.2) is 0 Å². The molecular weight excluding hydrogens is 190 g/mol. The minimum atomic E-state index is -0.859. The van der Waals surface area contributed by atoms with Gasteiger partial charge in [0, 0.05) is 6.61 Å². The number of nitriles is 1. The summed E-state index contributed by atoms with van der Waals surface area (Å²) in [6.07, 6.45) is 3.86. The van der Waals surface area contributed by atoms with E-state index < -0.39 is 11.0 Å². The van der Waals surface area contributed by atoms with Crippen molar-refractivity contribution in [2.24, 2.45) is 5.41 Å². The van der Waals surface area contributed by atoms with Crippen LogP contribution in [-0.2, 0) is 4.74 Å². The van der Waals surface area contributed by atoms with Gasteiger partial charge in [0.2, 0.25) is 0 Å². The van der Waals surface area contributed by atoms with Gasteiger partial charge < -0.3 is 9.84 Å². The van der Waals surface area contributed by atoms with Crippen LogP contribution < -0.4 is 0 Å². The average Bonchev–Trinajstić information content (AvgIpc) is 2.68. The Kier molecular flexibility index (Phi) is 4.12. The molecule has 1 atom stereocenters. The van der Waals surface area contributed by atoms with E-state index in [1.165, 1.54) is 0 Å². The summed E-state index contributed by atoms with van der Waals surface area (Å²) in [6.45, 7) is 5.08. The third-order valence-corrected chi connectivity index (χ3v) is 3.45. The lowest BCUT2D eigenvalue weighted by Crippen LogP contribution is -2.48. The fourth-order valence-corrected chi connectivity index (χ4v) is 2.55. The normalized spacial score (nSPS) is 26.5. The van der Waals surface area contributed by atoms with Crippen LogP contribution in [-0.4, -0.2) is 23.9 Å². The fraction of sp³-hybridized carbons (Fsp3) is 0.917. The maximum absolute atomic E-state index is 10.7. The molecule has 0 spiro atoms. The molecule has 0 aromatic carbocycles. The standard InChI is InChI=1S/C12H21NO2/c1-3-5-12(14,6-4-2)11(9-13)7-8-15-10-11/h14H,3-8,10H2,1-2H3. The highest BCUT2D eigenvalue weighted by molar-refractivity contribution is 5.13. The van der Waals surface area contributed by atoms with E-state index in [-0.39, 0.29) is 0 Å². The second kappa shape index (κ2) is 4.96. The minimum absolute atomic E-state index is 0.389. The van der Waals surface area contributed by atoms with Gasteiger partial charge >= 0.3 is 0 Å². The lowest BCUT2D eigenvalue weighted by atomic mass is 9.68. The van der Waals surface area contributed by atoms with Crippen molar-refractivity contribution in [3.8, 4) is 6.07 Å². The van der Waals surface area contributed by atoms with Crippen LogP contribution in [0, 0.1) is 16.7 Å². The van der Waals surface area contributed by atoms with Crippen LogP contribution in [0.3, 0.4) is 0 Å². The zero-order valence-electron chi connectivity index (χ0n) is 9.75. The van der Waals surface area contributed by atoms with Gasteiger partial charge in [-0.05, 0) is 19.3 Å². The second-order valence-electron chi connectivity index (χ2n) is 4.53. The molecule has 1 heterocycles. The van der Waals surface area contributed by atoms with E-state index in [0.717, 1.165) is 12.8 Å². The molecular formula is C12H21NO2. The average molecular weight is 211 g/mol. The molecule has 1 aliphatic rings. The molecule has 1 N–H and O–H groups in total. The molecule has 1 unspecified atom stereocenters. The topological polar surface area (TPSA) is 53.2 Å². The van der Waals surface area contributed by atoms with Gasteiger partial charge in [-0.25, -0.2) is 0 Å². The summed E-state index contributed by atoms with van der Waals surface area (Å²) < 4.78 is 5.31. The van der Waals surface area contributed by atoms with E-state index in [0.29, 0.717) is 32.5 Å². The molecule has 0 aromatic heterocycles. The molecule has 3 nitrogen and oxygen atoms in total. The first kappa shape index (κ1) is 12.5. The van der Waals surface area contributed by atoms with Crippen LogP contribution >= 0.6 is 0 Å². The fourth-order valence-electron chi connectivity index (χ4n) is 2.55. The summed E-state index contributed by atoms with van der Waals surface area (Å²) >= 11 is 0. The molecule has 3 heteroatoms. The Morgan fingerprint density at radius 1 is 1.40 bits per heavy atom. The maximum Gasteiger partial charge on any atom is 0.111 e. The van der Waals surface area contributed by atoms with Crippen LogP contribution in [0.25, 0.3) is 0 Å². The van der Waals surface area contributed by atoms with E-state index in [4.69, 9.17) is 4.74 Å². The van der Waals surface area contributed by atoms with Crippen molar-refractivity contribution in [3.63, 3.8) is 0 Å². The van der Waals surface area contributed by atoms with Crippen molar-refractivity contribution in [2.75, 3.05) is 13.2 Å². The SMILES string of the molecule is CCCC(O)(CCC)C1(C#N)CCOC1. The second-order valence-corrected chi connectivity index (χ2v) is 4.53. The molecule has 0 aromatic rings. The molecule has 1 rings (SSSR count). The van der Waals surface area contributed by atoms with E-state index in [9.17, 15) is 10.4 Å². The third kappa shape index (κ3) is 2.16. The summed E-state index contributed by atoms with van der Waals surface area (Å²) in [5, 5.41) is 20.0. The number of aliphatic hydroxyl groups is 1. The van der Waals surface area contributed by atoms with Gasteiger partial charge in [0.1, 0.15) is 5.41 Å². The molecule has 86 valence electrons. The van der Waals surface area contributed by atoms with Crippen LogP contribution in [0.2, 0.25) is 0 Å². The van der Waals surface area contributed by atoms with E-state index in [2.05, 4.69) is 6.07 Å². The summed E-state index contributed by atoms with van der Waals surface area (Å²) in [5.41, 5.74) is -1.53. The maximum atomic E-state index is 10.7. The lowest BCUT2D eigenvalue weighted by Gasteiger charge is -2.39. The predicted octanol–water partition coefficient (Wildman–Crippen LogP) is 2.25. The highest BCUT2D eigenvalue weighted by Gasteiger charge is 2.52. The summed E-state index contributed by atoms with van der Waals surface area (Å²) in [5.74, 6) is 0. The number of hydrogen-bond donors (Lipinski definition) is 1. The van der Waals surface area contributed by atoms with Crippen molar-refractivity contribution in [1.82, 2.24) is 0 Å². The Bertz CT molecular complexity index is 232. The number of nitrogens with zero attached hydrogens (tertiary/aromatic N) is 1. The molecule has 0 radical (unpaired) electrons. The smallest absolute Gasteiger partial charge is 0.111 e. The Labute approximate surface area is 92.0 Å². The zero-order chi connectivity index (χ0) is 11.4. The van der Waals surface area contributed by atoms with Gasteiger partial charge in [-0.15, -0.1) is 0 Å². The summed E-state index contributed by atoms with van der Waals surface area (Å²) in [7, 11) is 0. The van der Waals surface area contributed by atoms with E-state index in [1.54, 1.807) is 0 Å². The van der Waals surface area contributed by atoms with Crippen LogP contribution in [0.5, 0.6) is 0 Å². The van der Waals surface area contributed by atoms with Gasteiger partial charge in [-0.3, -0.25) is 0 Å². The Balaban J connectivity index is 2.90. The van der Waals surface area contributed by atoms with Gasteiger partial charge in [0.25, 0.3) is 0 Å². The molecule has 0 saturated carbocycles. The summed E-state index contributed by atoms with van der Waals surface area (Å²) in [6, 6.07) is 2.31. The molecule has 0 aliphatic carbocycles. The molecule has 0 amide bonds. The van der Waals surface area contributed by atoms with Crippen molar-refractivity contribution in [2.45, 2.75) is 51.6 Å². The lowest BCUT2D eigenvalue weighted by molar-refractivity contribution is -0.0718. The third-order valence-electron chi connectivity index (χ3n) is 3.45. The highest BCUT2D eigenvalue weighted by atomic mass is 16.5. The first-order valence-corrected chi connectivity index (χ1v) is 5.85. The van der Waals surface area contributed by atoms with Crippen LogP contribution in [0.4, 0.5) is 0 Å². The van der Waals surface area contributed by atoms with E-state index in [1.807, 2.05) is 13.8 Å². The van der Waals surface area contributed by atoms with Crippen molar-refractivity contribution < 1.29 is 9.84 Å².